The summed E-state index contributed by atoms with van der Waals surface area (Å²) in [6.45, 7) is 5.06. The molecule has 41 heavy (non-hydrogen) atoms. The van der Waals surface area contributed by atoms with E-state index in [0.717, 1.165) is 46.7 Å². The summed E-state index contributed by atoms with van der Waals surface area (Å²) in [5.41, 5.74) is 2.88. The van der Waals surface area contributed by atoms with E-state index in [2.05, 4.69) is 5.32 Å². The molecule has 1 aliphatic rings. The van der Waals surface area contributed by atoms with E-state index in [1.807, 2.05) is 38.1 Å². The molecule has 1 atom stereocenters. The summed E-state index contributed by atoms with van der Waals surface area (Å²) in [7, 11) is -4.21. The number of nitrogens with zero attached hydrogens (tertiary/aromatic N) is 2. The first-order valence-corrected chi connectivity index (χ1v) is 15.8. The molecule has 0 aromatic heterocycles. The quantitative estimate of drug-likeness (QED) is 0.291. The molecule has 0 heterocycles. The number of hydrogen-bond acceptors (Lipinski definition) is 4. The fourth-order valence-electron chi connectivity index (χ4n) is 5.03. The van der Waals surface area contributed by atoms with Crippen LogP contribution in [0.4, 0.5) is 5.69 Å². The van der Waals surface area contributed by atoms with Crippen molar-refractivity contribution in [3.8, 4) is 0 Å². The smallest absolute Gasteiger partial charge is 0.264 e. The average Bonchev–Trinajstić information content (AvgIpc) is 3.42. The number of aryl methyl sites for hydroxylation is 2. The second-order valence-corrected chi connectivity index (χ2v) is 13.4. The van der Waals surface area contributed by atoms with Gasteiger partial charge in [0.25, 0.3) is 10.0 Å². The Balaban J connectivity index is 1.71. The molecule has 4 rings (SSSR count). The maximum Gasteiger partial charge on any atom is 0.264 e. The molecule has 2 amide bonds. The first-order chi connectivity index (χ1) is 19.4. The third-order valence-electron chi connectivity index (χ3n) is 7.33. The van der Waals surface area contributed by atoms with E-state index in [1.165, 1.54) is 35.2 Å². The number of halogens is 2. The zero-order valence-electron chi connectivity index (χ0n) is 23.4. The fourth-order valence-corrected chi connectivity index (χ4v) is 6.94. The van der Waals surface area contributed by atoms with Crippen molar-refractivity contribution in [2.24, 2.45) is 0 Å². The van der Waals surface area contributed by atoms with Gasteiger partial charge in [-0.3, -0.25) is 13.9 Å². The van der Waals surface area contributed by atoms with Gasteiger partial charge in [-0.05, 0) is 69.5 Å². The number of amides is 2. The molecule has 1 saturated carbocycles. The van der Waals surface area contributed by atoms with Gasteiger partial charge in [0, 0.05) is 22.6 Å². The predicted molar refractivity (Wildman–Crippen MR) is 164 cm³/mol. The lowest BCUT2D eigenvalue weighted by Gasteiger charge is -2.32. The van der Waals surface area contributed by atoms with Crippen LogP contribution < -0.4 is 9.62 Å². The monoisotopic (exact) mass is 615 g/mol. The van der Waals surface area contributed by atoms with E-state index < -0.39 is 28.5 Å². The van der Waals surface area contributed by atoms with Gasteiger partial charge in [-0.15, -0.1) is 0 Å². The van der Waals surface area contributed by atoms with Crippen LogP contribution in [-0.4, -0.2) is 43.8 Å². The van der Waals surface area contributed by atoms with Crippen LogP contribution in [0.15, 0.2) is 71.6 Å². The normalized spacial score (nSPS) is 14.5. The molecule has 0 aliphatic heterocycles. The first-order valence-electron chi connectivity index (χ1n) is 13.6. The number of rotatable bonds is 10. The molecule has 1 N–H and O–H groups in total. The predicted octanol–water partition coefficient (Wildman–Crippen LogP) is 6.28. The maximum absolute atomic E-state index is 14.1. The van der Waals surface area contributed by atoms with Crippen LogP contribution in [0.3, 0.4) is 0 Å². The lowest BCUT2D eigenvalue weighted by Crippen LogP contribution is -2.52. The van der Waals surface area contributed by atoms with Crippen LogP contribution in [0.5, 0.6) is 0 Å². The second kappa shape index (κ2) is 13.3. The largest absolute Gasteiger partial charge is 0.352 e. The van der Waals surface area contributed by atoms with Gasteiger partial charge < -0.3 is 10.2 Å². The Morgan fingerprint density at radius 2 is 1.56 bits per heavy atom. The number of anilines is 1. The van der Waals surface area contributed by atoms with Gasteiger partial charge in [0.15, 0.2) is 0 Å². The van der Waals surface area contributed by atoms with E-state index in [4.69, 9.17) is 23.2 Å². The van der Waals surface area contributed by atoms with Crippen molar-refractivity contribution in [2.45, 2.75) is 70.0 Å². The molecule has 3 aromatic carbocycles. The molecule has 3 aromatic rings. The van der Waals surface area contributed by atoms with Crippen LogP contribution in [0.2, 0.25) is 10.0 Å². The van der Waals surface area contributed by atoms with Crippen LogP contribution in [0, 0.1) is 13.8 Å². The van der Waals surface area contributed by atoms with Crippen molar-refractivity contribution < 1.29 is 18.0 Å². The Hall–Kier alpha value is -3.07. The molecule has 1 aliphatic carbocycles. The Kier molecular flexibility index (Phi) is 10.00. The highest BCUT2D eigenvalue weighted by Crippen LogP contribution is 2.30. The molecule has 0 spiro atoms. The van der Waals surface area contributed by atoms with Crippen molar-refractivity contribution in [3.63, 3.8) is 0 Å². The molecule has 7 nitrogen and oxygen atoms in total. The Morgan fingerprint density at radius 1 is 0.927 bits per heavy atom. The molecule has 0 saturated heterocycles. The highest BCUT2D eigenvalue weighted by molar-refractivity contribution is 7.92. The topological polar surface area (TPSA) is 86.8 Å². The molecule has 0 bridgehead atoms. The summed E-state index contributed by atoms with van der Waals surface area (Å²) in [5, 5.41) is 3.53. The third-order valence-corrected chi connectivity index (χ3v) is 9.55. The lowest BCUT2D eigenvalue weighted by atomic mass is 10.1. The van der Waals surface area contributed by atoms with E-state index in [9.17, 15) is 18.0 Å². The number of carbonyl (C=O) groups excluding carboxylic acids is 2. The van der Waals surface area contributed by atoms with Crippen molar-refractivity contribution in [2.75, 3.05) is 10.8 Å². The Labute approximate surface area is 252 Å². The zero-order chi connectivity index (χ0) is 29.7. The fraction of sp³-hybridized carbons (Fsp3) is 0.355. The van der Waals surface area contributed by atoms with Gasteiger partial charge in [0.2, 0.25) is 11.8 Å². The lowest BCUT2D eigenvalue weighted by molar-refractivity contribution is -0.139. The number of benzene rings is 3. The van der Waals surface area contributed by atoms with E-state index in [-0.39, 0.29) is 39.1 Å². The van der Waals surface area contributed by atoms with Crippen LogP contribution in [0.25, 0.3) is 0 Å². The summed E-state index contributed by atoms with van der Waals surface area (Å²) in [4.78, 5) is 28.9. The van der Waals surface area contributed by atoms with Crippen molar-refractivity contribution >= 4 is 50.7 Å². The van der Waals surface area contributed by atoms with Gasteiger partial charge >= 0.3 is 0 Å². The van der Waals surface area contributed by atoms with Gasteiger partial charge in [-0.2, -0.15) is 0 Å². The van der Waals surface area contributed by atoms with E-state index in [1.54, 1.807) is 19.1 Å². The standard InChI is InChI=1S/C31H35Cl2N3O4S/c1-21-11-13-29(14-12-21)41(39,40)36(28-17-25(32)16-26(33)18-28)20-30(37)35(19-24-8-6-7-22(2)15-24)23(3)31(38)34-27-9-4-5-10-27/h6-8,11-18,23,27H,4-5,9-10,19-20H2,1-3H3,(H,34,38)/t23-/m1/s1. The molecule has 0 radical (unpaired) electrons. The molecule has 10 heteroatoms. The summed E-state index contributed by atoms with van der Waals surface area (Å²) < 4.78 is 28.9. The number of carbonyl (C=O) groups is 2. The average molecular weight is 617 g/mol. The van der Waals surface area contributed by atoms with Crippen LogP contribution in [-0.2, 0) is 26.2 Å². The maximum atomic E-state index is 14.1. The molecular formula is C31H35Cl2N3O4S. The van der Waals surface area contributed by atoms with Crippen molar-refractivity contribution in [3.05, 3.63) is 93.5 Å². The first kappa shape index (κ1) is 30.9. The molecule has 1 fully saturated rings. The minimum absolute atomic E-state index is 0.0178. The van der Waals surface area contributed by atoms with E-state index >= 15 is 0 Å². The summed E-state index contributed by atoms with van der Waals surface area (Å²) in [6.07, 6.45) is 3.92. The minimum atomic E-state index is -4.21. The molecule has 218 valence electrons. The Bertz CT molecular complexity index is 1490. The number of nitrogens with one attached hydrogen (secondary N) is 1. The van der Waals surface area contributed by atoms with Crippen LogP contribution >= 0.6 is 23.2 Å². The Morgan fingerprint density at radius 3 is 2.17 bits per heavy atom. The highest BCUT2D eigenvalue weighted by Gasteiger charge is 2.33. The molecule has 0 unspecified atom stereocenters. The highest BCUT2D eigenvalue weighted by atomic mass is 35.5. The van der Waals surface area contributed by atoms with Crippen molar-refractivity contribution in [1.82, 2.24) is 10.2 Å². The van der Waals surface area contributed by atoms with Crippen LogP contribution in [0.1, 0.15) is 49.3 Å². The molecular weight excluding hydrogens is 581 g/mol. The van der Waals surface area contributed by atoms with Gasteiger partial charge in [-0.25, -0.2) is 8.42 Å². The minimum Gasteiger partial charge on any atom is -0.352 e. The summed E-state index contributed by atoms with van der Waals surface area (Å²) in [6, 6.07) is 17.7. The summed E-state index contributed by atoms with van der Waals surface area (Å²) >= 11 is 12.5. The second-order valence-electron chi connectivity index (χ2n) is 10.6. The van der Waals surface area contributed by atoms with Gasteiger partial charge in [-0.1, -0.05) is 83.6 Å². The van der Waals surface area contributed by atoms with Gasteiger partial charge in [0.05, 0.1) is 10.6 Å². The summed E-state index contributed by atoms with van der Waals surface area (Å²) in [5.74, 6) is -0.802. The van der Waals surface area contributed by atoms with Gasteiger partial charge in [0.1, 0.15) is 12.6 Å². The number of hydrogen-bond donors (Lipinski definition) is 1. The van der Waals surface area contributed by atoms with Crippen molar-refractivity contribution in [1.29, 1.82) is 0 Å². The zero-order valence-corrected chi connectivity index (χ0v) is 25.8. The SMILES string of the molecule is Cc1ccc(S(=O)(=O)N(CC(=O)N(Cc2cccc(C)c2)[C@H](C)C(=O)NC2CCCC2)c2cc(Cl)cc(Cl)c2)cc1. The van der Waals surface area contributed by atoms with E-state index in [0.29, 0.717) is 0 Å². The third kappa shape index (κ3) is 7.82. The number of sulfonamides is 1.